The Hall–Kier alpha value is -0.930. The van der Waals surface area contributed by atoms with Gasteiger partial charge in [-0.15, -0.1) is 10.2 Å². The summed E-state index contributed by atoms with van der Waals surface area (Å²) in [7, 11) is 0. The zero-order valence-corrected chi connectivity index (χ0v) is 11.1. The largest absolute Gasteiger partial charge is 0.445 e. The standard InChI is InChI=1S/C10H15F3N4OS/c11-10(12,13)8-15-16-9(19-8)14-2-1-3-17-4-6-18-7-5-17/h1-7H2,(H,14,16). The highest BCUT2D eigenvalue weighted by Crippen LogP contribution is 2.32. The first-order valence-corrected chi connectivity index (χ1v) is 6.82. The molecule has 1 aromatic heterocycles. The van der Waals surface area contributed by atoms with Crippen molar-refractivity contribution in [2.45, 2.75) is 12.6 Å². The molecule has 0 amide bonds. The summed E-state index contributed by atoms with van der Waals surface area (Å²) in [6, 6.07) is 0. The number of anilines is 1. The average molecular weight is 296 g/mol. The zero-order chi connectivity index (χ0) is 13.7. The van der Waals surface area contributed by atoms with E-state index in [0.29, 0.717) is 17.9 Å². The van der Waals surface area contributed by atoms with Crippen molar-refractivity contribution in [3.63, 3.8) is 0 Å². The van der Waals surface area contributed by atoms with Crippen LogP contribution in [-0.2, 0) is 10.9 Å². The number of hydrogen-bond donors (Lipinski definition) is 1. The molecule has 0 spiro atoms. The molecule has 19 heavy (non-hydrogen) atoms. The molecule has 1 saturated heterocycles. The Morgan fingerprint density at radius 3 is 2.63 bits per heavy atom. The number of morpholine rings is 1. The molecule has 1 N–H and O–H groups in total. The van der Waals surface area contributed by atoms with E-state index >= 15 is 0 Å². The topological polar surface area (TPSA) is 50.3 Å². The number of aromatic nitrogens is 2. The molecule has 1 aliphatic rings. The van der Waals surface area contributed by atoms with Crippen LogP contribution in [0, 0.1) is 0 Å². The van der Waals surface area contributed by atoms with E-state index in [9.17, 15) is 13.2 Å². The Morgan fingerprint density at radius 1 is 1.26 bits per heavy atom. The highest BCUT2D eigenvalue weighted by atomic mass is 32.1. The molecule has 9 heteroatoms. The summed E-state index contributed by atoms with van der Waals surface area (Å²) in [5.74, 6) is 0. The molecule has 1 fully saturated rings. The first-order valence-electron chi connectivity index (χ1n) is 6.00. The van der Waals surface area contributed by atoms with Crippen molar-refractivity contribution >= 4 is 16.5 Å². The van der Waals surface area contributed by atoms with Gasteiger partial charge in [-0.05, 0) is 13.0 Å². The van der Waals surface area contributed by atoms with E-state index in [4.69, 9.17) is 4.74 Å². The van der Waals surface area contributed by atoms with Crippen molar-refractivity contribution < 1.29 is 17.9 Å². The predicted octanol–water partition coefficient (Wildman–Crippen LogP) is 1.69. The number of ether oxygens (including phenoxy) is 1. The smallest absolute Gasteiger partial charge is 0.379 e. The van der Waals surface area contributed by atoms with Crippen molar-refractivity contribution in [3.05, 3.63) is 5.01 Å². The van der Waals surface area contributed by atoms with E-state index < -0.39 is 11.2 Å². The average Bonchev–Trinajstić information content (AvgIpc) is 2.85. The summed E-state index contributed by atoms with van der Waals surface area (Å²) in [6.07, 6.45) is -3.56. The Kier molecular flexibility index (Phi) is 4.94. The van der Waals surface area contributed by atoms with E-state index in [-0.39, 0.29) is 5.13 Å². The Bertz CT molecular complexity index is 392. The number of hydrogen-bond acceptors (Lipinski definition) is 6. The van der Waals surface area contributed by atoms with E-state index in [1.165, 1.54) is 0 Å². The minimum atomic E-state index is -4.41. The van der Waals surface area contributed by atoms with Crippen molar-refractivity contribution in [2.75, 3.05) is 44.7 Å². The molecule has 1 aliphatic heterocycles. The SMILES string of the molecule is FC(F)(F)c1nnc(NCCCN2CCOCC2)s1. The fraction of sp³-hybridized carbons (Fsp3) is 0.800. The monoisotopic (exact) mass is 296 g/mol. The molecule has 1 aromatic rings. The molecule has 0 aliphatic carbocycles. The summed E-state index contributed by atoms with van der Waals surface area (Å²) in [4.78, 5) is 2.27. The zero-order valence-electron chi connectivity index (χ0n) is 10.2. The second-order valence-electron chi connectivity index (χ2n) is 4.14. The quantitative estimate of drug-likeness (QED) is 0.838. The number of halogens is 3. The maximum Gasteiger partial charge on any atom is 0.445 e. The van der Waals surface area contributed by atoms with Crippen LogP contribution in [0.4, 0.5) is 18.3 Å². The normalized spacial score (nSPS) is 17.6. The Balaban J connectivity index is 1.66. The van der Waals surface area contributed by atoms with Crippen molar-refractivity contribution in [2.24, 2.45) is 0 Å². The molecular formula is C10H15F3N4OS. The third kappa shape index (κ3) is 4.59. The highest BCUT2D eigenvalue weighted by molar-refractivity contribution is 7.15. The van der Waals surface area contributed by atoms with Crippen LogP contribution < -0.4 is 5.32 Å². The second kappa shape index (κ2) is 6.49. The van der Waals surface area contributed by atoms with Crippen LogP contribution in [0.15, 0.2) is 0 Å². The van der Waals surface area contributed by atoms with E-state index in [0.717, 1.165) is 39.3 Å². The number of nitrogens with one attached hydrogen (secondary N) is 1. The molecule has 0 unspecified atom stereocenters. The molecule has 2 rings (SSSR count). The van der Waals surface area contributed by atoms with Gasteiger partial charge in [-0.25, -0.2) is 0 Å². The van der Waals surface area contributed by atoms with Crippen molar-refractivity contribution in [3.8, 4) is 0 Å². The van der Waals surface area contributed by atoms with Crippen LogP contribution in [0.3, 0.4) is 0 Å². The van der Waals surface area contributed by atoms with Gasteiger partial charge in [0.1, 0.15) is 0 Å². The van der Waals surface area contributed by atoms with Gasteiger partial charge in [0.25, 0.3) is 0 Å². The summed E-state index contributed by atoms with van der Waals surface area (Å²) < 4.78 is 42.1. The van der Waals surface area contributed by atoms with Crippen LogP contribution in [0.5, 0.6) is 0 Å². The molecular weight excluding hydrogens is 281 g/mol. The number of nitrogens with zero attached hydrogens (tertiary/aromatic N) is 3. The molecule has 108 valence electrons. The second-order valence-corrected chi connectivity index (χ2v) is 5.12. The third-order valence-electron chi connectivity index (χ3n) is 2.70. The van der Waals surface area contributed by atoms with Gasteiger partial charge < -0.3 is 10.1 Å². The molecule has 0 saturated carbocycles. The van der Waals surface area contributed by atoms with Gasteiger partial charge in [0.2, 0.25) is 10.1 Å². The Labute approximate surface area is 112 Å². The van der Waals surface area contributed by atoms with Crippen LogP contribution in [-0.4, -0.2) is 54.5 Å². The lowest BCUT2D eigenvalue weighted by atomic mass is 10.3. The first kappa shape index (κ1) is 14.5. The molecule has 0 radical (unpaired) electrons. The maximum atomic E-state index is 12.3. The molecule has 2 heterocycles. The van der Waals surface area contributed by atoms with Crippen molar-refractivity contribution in [1.82, 2.24) is 15.1 Å². The van der Waals surface area contributed by atoms with E-state index in [1.807, 2.05) is 0 Å². The molecule has 0 bridgehead atoms. The first-order chi connectivity index (χ1) is 9.05. The van der Waals surface area contributed by atoms with Gasteiger partial charge in [0.15, 0.2) is 0 Å². The van der Waals surface area contributed by atoms with Gasteiger partial charge in [0, 0.05) is 19.6 Å². The fourth-order valence-electron chi connectivity index (χ4n) is 1.73. The van der Waals surface area contributed by atoms with E-state index in [1.54, 1.807) is 0 Å². The minimum Gasteiger partial charge on any atom is -0.379 e. The van der Waals surface area contributed by atoms with Crippen LogP contribution in [0.2, 0.25) is 0 Å². The number of alkyl halides is 3. The fourth-order valence-corrected chi connectivity index (χ4v) is 2.37. The number of rotatable bonds is 5. The van der Waals surface area contributed by atoms with Gasteiger partial charge in [-0.1, -0.05) is 11.3 Å². The molecule has 0 aromatic carbocycles. The van der Waals surface area contributed by atoms with Crippen molar-refractivity contribution in [1.29, 1.82) is 0 Å². The molecule has 5 nitrogen and oxygen atoms in total. The van der Waals surface area contributed by atoms with E-state index in [2.05, 4.69) is 20.4 Å². The highest BCUT2D eigenvalue weighted by Gasteiger charge is 2.35. The predicted molar refractivity (Wildman–Crippen MR) is 65.3 cm³/mol. The maximum absolute atomic E-state index is 12.3. The summed E-state index contributed by atoms with van der Waals surface area (Å²) in [5.41, 5.74) is 0. The van der Waals surface area contributed by atoms with Gasteiger partial charge in [-0.2, -0.15) is 13.2 Å². The van der Waals surface area contributed by atoms with Gasteiger partial charge in [0.05, 0.1) is 13.2 Å². The molecule has 0 atom stereocenters. The Morgan fingerprint density at radius 2 is 2.00 bits per heavy atom. The van der Waals surface area contributed by atoms with Crippen LogP contribution >= 0.6 is 11.3 Å². The summed E-state index contributed by atoms with van der Waals surface area (Å²) in [5, 5.41) is 8.75. The lowest BCUT2D eigenvalue weighted by molar-refractivity contribution is -0.138. The van der Waals surface area contributed by atoms with Gasteiger partial charge >= 0.3 is 6.18 Å². The minimum absolute atomic E-state index is 0.217. The van der Waals surface area contributed by atoms with Crippen LogP contribution in [0.1, 0.15) is 11.4 Å². The lowest BCUT2D eigenvalue weighted by Crippen LogP contribution is -2.37. The summed E-state index contributed by atoms with van der Waals surface area (Å²) in [6.45, 7) is 4.82. The third-order valence-corrected chi connectivity index (χ3v) is 3.62. The summed E-state index contributed by atoms with van der Waals surface area (Å²) >= 11 is 0.534. The van der Waals surface area contributed by atoms with Crippen LogP contribution in [0.25, 0.3) is 0 Å². The lowest BCUT2D eigenvalue weighted by Gasteiger charge is -2.26. The van der Waals surface area contributed by atoms with Gasteiger partial charge in [-0.3, -0.25) is 4.90 Å².